The quantitative estimate of drug-likeness (QED) is 0.786. The largest absolute Gasteiger partial charge is 0.337 e. The number of fused-ring (bicyclic) bond motifs is 1. The number of pyridine rings is 1. The Morgan fingerprint density at radius 3 is 2.95 bits per heavy atom. The molecule has 0 spiro atoms. The molecule has 1 aromatic carbocycles. The van der Waals surface area contributed by atoms with Crippen LogP contribution in [-0.2, 0) is 0 Å². The Labute approximate surface area is 116 Å². The zero-order valence-electron chi connectivity index (χ0n) is 11.3. The van der Waals surface area contributed by atoms with Crippen LogP contribution in [0.3, 0.4) is 0 Å². The fourth-order valence-electron chi connectivity index (χ4n) is 2.21. The minimum Gasteiger partial charge on any atom is -0.337 e. The van der Waals surface area contributed by atoms with E-state index < -0.39 is 0 Å². The van der Waals surface area contributed by atoms with Gasteiger partial charge in [0.25, 0.3) is 0 Å². The summed E-state index contributed by atoms with van der Waals surface area (Å²) in [6.45, 7) is 2.07. The molecule has 0 amide bonds. The van der Waals surface area contributed by atoms with Crippen LogP contribution in [0.15, 0.2) is 41.1 Å². The van der Waals surface area contributed by atoms with E-state index in [1.807, 2.05) is 30.3 Å². The van der Waals surface area contributed by atoms with Gasteiger partial charge < -0.3 is 10.3 Å². The molecule has 0 aliphatic heterocycles. The smallest absolute Gasteiger partial charge is 0.243 e. The number of benzene rings is 1. The number of nitrogens with zero attached hydrogens (tertiary/aromatic N) is 3. The average molecular weight is 268 g/mol. The molecule has 0 aliphatic carbocycles. The van der Waals surface area contributed by atoms with E-state index in [1.54, 1.807) is 6.20 Å². The highest BCUT2D eigenvalue weighted by molar-refractivity contribution is 5.92. The van der Waals surface area contributed by atoms with Gasteiger partial charge in [0.2, 0.25) is 11.7 Å². The van der Waals surface area contributed by atoms with E-state index in [-0.39, 0.29) is 6.04 Å². The van der Waals surface area contributed by atoms with Crippen LogP contribution in [0.1, 0.15) is 31.7 Å². The Morgan fingerprint density at radius 2 is 2.10 bits per heavy atom. The lowest BCUT2D eigenvalue weighted by atomic mass is 10.1. The summed E-state index contributed by atoms with van der Waals surface area (Å²) in [5.74, 6) is 0.958. The fourth-order valence-corrected chi connectivity index (χ4v) is 2.21. The van der Waals surface area contributed by atoms with Gasteiger partial charge in [-0.2, -0.15) is 4.98 Å². The molecule has 1 atom stereocenters. The molecule has 2 aromatic heterocycles. The molecule has 0 radical (unpaired) electrons. The van der Waals surface area contributed by atoms with Crippen LogP contribution in [0.5, 0.6) is 0 Å². The Kier molecular flexibility index (Phi) is 3.43. The molecule has 0 fully saturated rings. The van der Waals surface area contributed by atoms with Crippen LogP contribution < -0.4 is 5.73 Å². The van der Waals surface area contributed by atoms with E-state index in [0.29, 0.717) is 11.7 Å². The van der Waals surface area contributed by atoms with Crippen molar-refractivity contribution in [2.45, 2.75) is 25.8 Å². The lowest BCUT2D eigenvalue weighted by Crippen LogP contribution is -2.09. The molecule has 2 heterocycles. The van der Waals surface area contributed by atoms with Crippen molar-refractivity contribution in [2.75, 3.05) is 0 Å². The van der Waals surface area contributed by atoms with E-state index in [9.17, 15) is 0 Å². The van der Waals surface area contributed by atoms with E-state index >= 15 is 0 Å². The average Bonchev–Trinajstić information content (AvgIpc) is 2.97. The Hall–Kier alpha value is -2.27. The summed E-state index contributed by atoms with van der Waals surface area (Å²) in [5.41, 5.74) is 6.72. The van der Waals surface area contributed by atoms with Gasteiger partial charge in [-0.15, -0.1) is 0 Å². The molecule has 0 saturated carbocycles. The molecule has 5 nitrogen and oxygen atoms in total. The molecular weight excluding hydrogens is 252 g/mol. The van der Waals surface area contributed by atoms with Crippen LogP contribution in [-0.4, -0.2) is 15.1 Å². The van der Waals surface area contributed by atoms with Crippen molar-refractivity contribution < 1.29 is 4.52 Å². The topological polar surface area (TPSA) is 77.8 Å². The lowest BCUT2D eigenvalue weighted by Gasteiger charge is -2.02. The van der Waals surface area contributed by atoms with Crippen molar-refractivity contribution in [1.82, 2.24) is 15.1 Å². The van der Waals surface area contributed by atoms with Crippen LogP contribution in [0, 0.1) is 0 Å². The lowest BCUT2D eigenvalue weighted by molar-refractivity contribution is 0.348. The molecular formula is C15H16N4O. The van der Waals surface area contributed by atoms with Crippen molar-refractivity contribution >= 4 is 10.8 Å². The maximum absolute atomic E-state index is 5.99. The SMILES string of the molecule is CCC[C@@H](N)c1nc(-c2nccc3ccccc23)no1. The first-order valence-electron chi connectivity index (χ1n) is 6.73. The second-order valence-corrected chi connectivity index (χ2v) is 4.73. The van der Waals surface area contributed by atoms with Gasteiger partial charge >= 0.3 is 0 Å². The van der Waals surface area contributed by atoms with Crippen molar-refractivity contribution in [3.8, 4) is 11.5 Å². The fraction of sp³-hybridized carbons (Fsp3) is 0.267. The number of aromatic nitrogens is 3. The van der Waals surface area contributed by atoms with E-state index in [1.165, 1.54) is 0 Å². The minimum atomic E-state index is -0.212. The van der Waals surface area contributed by atoms with Crippen molar-refractivity contribution in [3.63, 3.8) is 0 Å². The molecule has 0 unspecified atom stereocenters. The van der Waals surface area contributed by atoms with Gasteiger partial charge in [0.15, 0.2) is 0 Å². The number of nitrogens with two attached hydrogens (primary N) is 1. The molecule has 102 valence electrons. The summed E-state index contributed by atoms with van der Waals surface area (Å²) in [6, 6.07) is 9.74. The van der Waals surface area contributed by atoms with Crippen molar-refractivity contribution in [1.29, 1.82) is 0 Å². The molecule has 5 heteroatoms. The molecule has 0 bridgehead atoms. The van der Waals surface area contributed by atoms with Gasteiger partial charge in [-0.1, -0.05) is 42.8 Å². The van der Waals surface area contributed by atoms with Gasteiger partial charge in [0.05, 0.1) is 6.04 Å². The van der Waals surface area contributed by atoms with Crippen LogP contribution in [0.4, 0.5) is 0 Å². The maximum Gasteiger partial charge on any atom is 0.243 e. The van der Waals surface area contributed by atoms with Gasteiger partial charge in [-0.25, -0.2) is 0 Å². The molecule has 0 saturated heterocycles. The molecule has 20 heavy (non-hydrogen) atoms. The zero-order valence-corrected chi connectivity index (χ0v) is 11.3. The normalized spacial score (nSPS) is 12.7. The van der Waals surface area contributed by atoms with E-state index in [2.05, 4.69) is 22.0 Å². The summed E-state index contributed by atoms with van der Waals surface area (Å²) >= 11 is 0. The second-order valence-electron chi connectivity index (χ2n) is 4.73. The second kappa shape index (κ2) is 5.38. The predicted molar refractivity (Wildman–Crippen MR) is 76.9 cm³/mol. The zero-order chi connectivity index (χ0) is 13.9. The first-order valence-corrected chi connectivity index (χ1v) is 6.73. The van der Waals surface area contributed by atoms with Gasteiger partial charge in [-0.3, -0.25) is 4.98 Å². The highest BCUT2D eigenvalue weighted by Crippen LogP contribution is 2.25. The summed E-state index contributed by atoms with van der Waals surface area (Å²) < 4.78 is 5.26. The third-order valence-corrected chi connectivity index (χ3v) is 3.24. The monoisotopic (exact) mass is 268 g/mol. The summed E-state index contributed by atoms with van der Waals surface area (Å²) in [7, 11) is 0. The van der Waals surface area contributed by atoms with Gasteiger partial charge in [0, 0.05) is 11.6 Å². The van der Waals surface area contributed by atoms with Gasteiger partial charge in [-0.05, 0) is 17.9 Å². The van der Waals surface area contributed by atoms with Crippen LogP contribution in [0.2, 0.25) is 0 Å². The first-order chi connectivity index (χ1) is 9.79. The number of hydrogen-bond acceptors (Lipinski definition) is 5. The third kappa shape index (κ3) is 2.28. The highest BCUT2D eigenvalue weighted by atomic mass is 16.5. The minimum absolute atomic E-state index is 0.212. The summed E-state index contributed by atoms with van der Waals surface area (Å²) in [5, 5.41) is 6.12. The molecule has 3 aromatic rings. The van der Waals surface area contributed by atoms with Crippen LogP contribution in [0.25, 0.3) is 22.3 Å². The van der Waals surface area contributed by atoms with Crippen molar-refractivity contribution in [3.05, 3.63) is 42.4 Å². The summed E-state index contributed by atoms with van der Waals surface area (Å²) in [6.07, 6.45) is 3.55. The third-order valence-electron chi connectivity index (χ3n) is 3.24. The Bertz CT molecular complexity index is 717. The Balaban J connectivity index is 2.03. The van der Waals surface area contributed by atoms with Crippen LogP contribution >= 0.6 is 0 Å². The predicted octanol–water partition coefficient (Wildman–Crippen LogP) is 3.08. The van der Waals surface area contributed by atoms with E-state index in [0.717, 1.165) is 29.3 Å². The van der Waals surface area contributed by atoms with Crippen molar-refractivity contribution in [2.24, 2.45) is 5.73 Å². The maximum atomic E-state index is 5.99. The standard InChI is InChI=1S/C15H16N4O/c1-2-5-12(16)15-18-14(19-20-15)13-11-7-4-3-6-10(11)8-9-17-13/h3-4,6-9,12H,2,5,16H2,1H3/t12-/m1/s1. The molecule has 0 aliphatic rings. The van der Waals surface area contributed by atoms with Gasteiger partial charge in [0.1, 0.15) is 5.69 Å². The van der Waals surface area contributed by atoms with E-state index in [4.69, 9.17) is 10.3 Å². The molecule has 2 N–H and O–H groups in total. The first kappa shape index (κ1) is 12.7. The number of rotatable bonds is 4. The highest BCUT2D eigenvalue weighted by Gasteiger charge is 2.16. The summed E-state index contributed by atoms with van der Waals surface area (Å²) in [4.78, 5) is 8.75. The number of hydrogen-bond donors (Lipinski definition) is 1. The Morgan fingerprint density at radius 1 is 1.25 bits per heavy atom. The molecule has 3 rings (SSSR count).